The first-order chi connectivity index (χ1) is 8.38. The van der Waals surface area contributed by atoms with Crippen molar-refractivity contribution < 1.29 is 4.79 Å². The fourth-order valence-corrected chi connectivity index (χ4v) is 3.01. The van der Waals surface area contributed by atoms with Crippen molar-refractivity contribution in [3.8, 4) is 0 Å². The van der Waals surface area contributed by atoms with E-state index < -0.39 is 0 Å². The molecule has 0 amide bonds. The van der Waals surface area contributed by atoms with Crippen molar-refractivity contribution in [3.63, 3.8) is 0 Å². The summed E-state index contributed by atoms with van der Waals surface area (Å²) in [5, 5.41) is 0. The Morgan fingerprint density at radius 3 is 2.59 bits per heavy atom. The van der Waals surface area contributed by atoms with Crippen LogP contribution in [-0.2, 0) is 0 Å². The quantitative estimate of drug-likeness (QED) is 0.593. The molecular weight excluding hydrogens is 228 g/mol. The van der Waals surface area contributed by atoms with Gasteiger partial charge in [0.1, 0.15) is 0 Å². The summed E-state index contributed by atoms with van der Waals surface area (Å²) in [6.07, 6.45) is 5.01. The van der Waals surface area contributed by atoms with Gasteiger partial charge in [-0.3, -0.25) is 4.79 Å². The molecule has 0 N–H and O–H groups in total. The average molecular weight is 238 g/mol. The van der Waals surface area contributed by atoms with Crippen molar-refractivity contribution in [2.24, 2.45) is 0 Å². The van der Waals surface area contributed by atoms with Crippen LogP contribution < -0.4 is 0 Å². The zero-order chi connectivity index (χ0) is 11.7. The Morgan fingerprint density at radius 2 is 1.71 bits per heavy atom. The maximum Gasteiger partial charge on any atom is 0.150 e. The first-order valence-corrected chi connectivity index (χ1v) is 6.23. The molecule has 2 aromatic carbocycles. The molecule has 1 aliphatic rings. The SMILES string of the molecule is O=Cc1cccc2c1C=Cc1ccccc1S2. The summed E-state index contributed by atoms with van der Waals surface area (Å²) in [5.74, 6) is 0. The Bertz CT molecular complexity index is 614. The van der Waals surface area contributed by atoms with E-state index in [9.17, 15) is 4.79 Å². The minimum Gasteiger partial charge on any atom is -0.298 e. The molecule has 0 spiro atoms. The summed E-state index contributed by atoms with van der Waals surface area (Å²) in [7, 11) is 0. The van der Waals surface area contributed by atoms with Crippen LogP contribution in [0, 0.1) is 0 Å². The summed E-state index contributed by atoms with van der Waals surface area (Å²) in [6.45, 7) is 0. The zero-order valence-electron chi connectivity index (χ0n) is 9.09. The van der Waals surface area contributed by atoms with Crippen LogP contribution in [0.25, 0.3) is 12.2 Å². The first-order valence-electron chi connectivity index (χ1n) is 5.41. The van der Waals surface area contributed by atoms with E-state index in [1.165, 1.54) is 10.5 Å². The second kappa shape index (κ2) is 4.22. The smallest absolute Gasteiger partial charge is 0.150 e. The predicted molar refractivity (Wildman–Crippen MR) is 71.3 cm³/mol. The number of hydrogen-bond donors (Lipinski definition) is 0. The second-order valence-corrected chi connectivity index (χ2v) is 4.93. The van der Waals surface area contributed by atoms with E-state index in [4.69, 9.17) is 0 Å². The van der Waals surface area contributed by atoms with Gasteiger partial charge in [0.15, 0.2) is 6.29 Å². The molecular formula is C15H10OS. The highest BCUT2D eigenvalue weighted by molar-refractivity contribution is 7.99. The van der Waals surface area contributed by atoms with Crippen molar-refractivity contribution in [1.82, 2.24) is 0 Å². The van der Waals surface area contributed by atoms with Crippen molar-refractivity contribution in [2.45, 2.75) is 9.79 Å². The Hall–Kier alpha value is -1.80. The van der Waals surface area contributed by atoms with Gasteiger partial charge in [-0.15, -0.1) is 0 Å². The molecule has 0 radical (unpaired) electrons. The lowest BCUT2D eigenvalue weighted by molar-refractivity contribution is 0.112. The lowest BCUT2D eigenvalue weighted by atomic mass is 10.1. The normalized spacial score (nSPS) is 12.5. The van der Waals surface area contributed by atoms with E-state index in [0.717, 1.165) is 22.3 Å². The molecule has 0 saturated carbocycles. The van der Waals surface area contributed by atoms with Gasteiger partial charge in [0, 0.05) is 15.4 Å². The summed E-state index contributed by atoms with van der Waals surface area (Å²) in [4.78, 5) is 13.4. The molecule has 2 aromatic rings. The van der Waals surface area contributed by atoms with Crippen molar-refractivity contribution >= 4 is 30.2 Å². The predicted octanol–water partition coefficient (Wildman–Crippen LogP) is 4.13. The highest BCUT2D eigenvalue weighted by atomic mass is 32.2. The van der Waals surface area contributed by atoms with Crippen molar-refractivity contribution in [2.75, 3.05) is 0 Å². The van der Waals surface area contributed by atoms with Gasteiger partial charge in [-0.05, 0) is 23.3 Å². The Labute approximate surface area is 104 Å². The molecule has 0 atom stereocenters. The van der Waals surface area contributed by atoms with Gasteiger partial charge in [0.25, 0.3) is 0 Å². The molecule has 0 unspecified atom stereocenters. The molecule has 0 fully saturated rings. The largest absolute Gasteiger partial charge is 0.298 e. The van der Waals surface area contributed by atoms with Crippen molar-refractivity contribution in [1.29, 1.82) is 0 Å². The number of hydrogen-bond acceptors (Lipinski definition) is 2. The van der Waals surface area contributed by atoms with Crippen molar-refractivity contribution in [3.05, 3.63) is 59.2 Å². The minimum absolute atomic E-state index is 0.749. The highest BCUT2D eigenvalue weighted by Crippen LogP contribution is 2.37. The van der Waals surface area contributed by atoms with Gasteiger partial charge >= 0.3 is 0 Å². The van der Waals surface area contributed by atoms with E-state index in [-0.39, 0.29) is 0 Å². The standard InChI is InChI=1S/C15H10OS/c16-10-12-5-3-7-15-13(12)9-8-11-4-1-2-6-14(11)17-15/h1-10H. The van der Waals surface area contributed by atoms with Crippen LogP contribution in [0.15, 0.2) is 52.3 Å². The van der Waals surface area contributed by atoms with Crippen LogP contribution in [0.5, 0.6) is 0 Å². The third-order valence-corrected chi connectivity index (χ3v) is 3.96. The van der Waals surface area contributed by atoms with Gasteiger partial charge in [0.2, 0.25) is 0 Å². The summed E-state index contributed by atoms with van der Waals surface area (Å²) in [6, 6.07) is 14.1. The molecule has 0 aliphatic carbocycles. The molecule has 0 aromatic heterocycles. The molecule has 1 aliphatic heterocycles. The minimum atomic E-state index is 0.749. The van der Waals surface area contributed by atoms with E-state index in [1.807, 2.05) is 30.3 Å². The number of fused-ring (bicyclic) bond motifs is 2. The first kappa shape index (κ1) is 10.4. The Balaban J connectivity index is 2.21. The third kappa shape index (κ3) is 1.81. The molecule has 0 bridgehead atoms. The second-order valence-electron chi connectivity index (χ2n) is 3.85. The topological polar surface area (TPSA) is 17.1 Å². The van der Waals surface area contributed by atoms with Crippen LogP contribution in [0.3, 0.4) is 0 Å². The number of carbonyl (C=O) groups is 1. The molecule has 82 valence electrons. The number of carbonyl (C=O) groups excluding carboxylic acids is 1. The highest BCUT2D eigenvalue weighted by Gasteiger charge is 2.11. The van der Waals surface area contributed by atoms with Crippen LogP contribution in [-0.4, -0.2) is 6.29 Å². The van der Waals surface area contributed by atoms with Crippen LogP contribution >= 0.6 is 11.8 Å². The molecule has 1 heterocycles. The number of benzene rings is 2. The van der Waals surface area contributed by atoms with E-state index in [0.29, 0.717) is 0 Å². The third-order valence-electron chi connectivity index (χ3n) is 2.80. The lowest BCUT2D eigenvalue weighted by Gasteiger charge is -2.06. The summed E-state index contributed by atoms with van der Waals surface area (Å²) >= 11 is 1.71. The van der Waals surface area contributed by atoms with Gasteiger partial charge in [-0.25, -0.2) is 0 Å². The maximum atomic E-state index is 11.0. The fourth-order valence-electron chi connectivity index (χ4n) is 1.93. The Kier molecular flexibility index (Phi) is 2.57. The van der Waals surface area contributed by atoms with Gasteiger partial charge in [-0.2, -0.15) is 0 Å². The van der Waals surface area contributed by atoms with Gasteiger partial charge in [-0.1, -0.05) is 54.2 Å². The zero-order valence-corrected chi connectivity index (χ0v) is 9.91. The van der Waals surface area contributed by atoms with E-state index in [2.05, 4.69) is 24.3 Å². The van der Waals surface area contributed by atoms with Gasteiger partial charge in [0.05, 0.1) is 0 Å². The summed E-state index contributed by atoms with van der Waals surface area (Å²) in [5.41, 5.74) is 2.97. The summed E-state index contributed by atoms with van der Waals surface area (Å²) < 4.78 is 0. The van der Waals surface area contributed by atoms with Crippen LogP contribution in [0.1, 0.15) is 21.5 Å². The van der Waals surface area contributed by atoms with Crippen LogP contribution in [0.4, 0.5) is 0 Å². The molecule has 0 saturated heterocycles. The lowest BCUT2D eigenvalue weighted by Crippen LogP contribution is -1.87. The van der Waals surface area contributed by atoms with E-state index in [1.54, 1.807) is 11.8 Å². The molecule has 1 nitrogen and oxygen atoms in total. The van der Waals surface area contributed by atoms with E-state index >= 15 is 0 Å². The average Bonchev–Trinajstić information content (AvgIpc) is 2.57. The van der Waals surface area contributed by atoms with Gasteiger partial charge < -0.3 is 0 Å². The van der Waals surface area contributed by atoms with Crippen LogP contribution in [0.2, 0.25) is 0 Å². The molecule has 3 rings (SSSR count). The Morgan fingerprint density at radius 1 is 0.882 bits per heavy atom. The maximum absolute atomic E-state index is 11.0. The number of aldehydes is 1. The fraction of sp³-hybridized carbons (Fsp3) is 0. The molecule has 17 heavy (non-hydrogen) atoms. The monoisotopic (exact) mass is 238 g/mol. The number of rotatable bonds is 1. The molecule has 2 heteroatoms.